The van der Waals surface area contributed by atoms with E-state index >= 15 is 0 Å². The van der Waals surface area contributed by atoms with Crippen LogP contribution in [0.2, 0.25) is 0 Å². The number of allylic oxidation sites excluding steroid dienone is 1. The molecule has 1 aromatic carbocycles. The van der Waals surface area contributed by atoms with E-state index in [0.29, 0.717) is 5.89 Å². The van der Waals surface area contributed by atoms with Gasteiger partial charge >= 0.3 is 0 Å². The number of rotatable bonds is 1. The molecular weight excluding hydrogens is 202 g/mol. The Morgan fingerprint density at radius 1 is 1.31 bits per heavy atom. The summed E-state index contributed by atoms with van der Waals surface area (Å²) in [5.74, 6) is 0.653. The van der Waals surface area contributed by atoms with E-state index in [-0.39, 0.29) is 6.10 Å². The minimum Gasteiger partial charge on any atom is -0.436 e. The smallest absolute Gasteiger partial charge is 0.222 e. The molecular formula is C13H13NO2. The average molecular weight is 215 g/mol. The zero-order valence-corrected chi connectivity index (χ0v) is 8.89. The molecule has 0 bridgehead atoms. The van der Waals surface area contributed by atoms with Crippen molar-refractivity contribution < 1.29 is 9.52 Å². The van der Waals surface area contributed by atoms with Crippen molar-refractivity contribution in [2.24, 2.45) is 0 Å². The topological polar surface area (TPSA) is 46.3 Å². The second kappa shape index (κ2) is 3.76. The van der Waals surface area contributed by atoms with Crippen LogP contribution in [0.3, 0.4) is 0 Å². The van der Waals surface area contributed by atoms with Crippen LogP contribution in [-0.4, -0.2) is 16.2 Å². The highest BCUT2D eigenvalue weighted by atomic mass is 16.3. The van der Waals surface area contributed by atoms with Crippen LogP contribution >= 0.6 is 0 Å². The van der Waals surface area contributed by atoms with Crippen molar-refractivity contribution in [1.29, 1.82) is 0 Å². The van der Waals surface area contributed by atoms with E-state index in [1.165, 1.54) is 0 Å². The molecule has 2 aromatic rings. The van der Waals surface area contributed by atoms with Gasteiger partial charge in [0.15, 0.2) is 5.58 Å². The zero-order chi connectivity index (χ0) is 11.0. The molecule has 1 atom stereocenters. The summed E-state index contributed by atoms with van der Waals surface area (Å²) in [5.41, 5.74) is 2.70. The van der Waals surface area contributed by atoms with Crippen molar-refractivity contribution in [3.05, 3.63) is 36.2 Å². The predicted molar refractivity (Wildman–Crippen MR) is 61.8 cm³/mol. The molecule has 0 saturated carbocycles. The lowest BCUT2D eigenvalue weighted by Gasteiger charge is -2.14. The summed E-state index contributed by atoms with van der Waals surface area (Å²) in [7, 11) is 0. The number of hydrogen-bond acceptors (Lipinski definition) is 3. The van der Waals surface area contributed by atoms with E-state index < -0.39 is 0 Å². The first-order chi connectivity index (χ1) is 7.83. The Balaban J connectivity index is 2.05. The number of benzene rings is 1. The maximum atomic E-state index is 9.57. The molecule has 0 aliphatic heterocycles. The number of nitrogens with zero attached hydrogens (tertiary/aromatic N) is 1. The maximum Gasteiger partial charge on any atom is 0.222 e. The minimum atomic E-state index is -0.348. The first-order valence-corrected chi connectivity index (χ1v) is 5.57. The number of aliphatic hydroxyl groups excluding tert-OH is 1. The number of fused-ring (bicyclic) bond motifs is 1. The molecule has 16 heavy (non-hydrogen) atoms. The summed E-state index contributed by atoms with van der Waals surface area (Å²) < 4.78 is 5.67. The fraction of sp³-hybridized carbons (Fsp3) is 0.308. The molecule has 0 amide bonds. The third-order valence-electron chi connectivity index (χ3n) is 2.91. The lowest BCUT2D eigenvalue weighted by molar-refractivity contribution is 0.205. The fourth-order valence-electron chi connectivity index (χ4n) is 2.09. The molecule has 0 unspecified atom stereocenters. The van der Waals surface area contributed by atoms with Crippen molar-refractivity contribution in [2.75, 3.05) is 0 Å². The van der Waals surface area contributed by atoms with Crippen LogP contribution in [0.4, 0.5) is 0 Å². The predicted octanol–water partition coefficient (Wildman–Crippen LogP) is 2.76. The lowest BCUT2D eigenvalue weighted by Crippen LogP contribution is -2.08. The first-order valence-electron chi connectivity index (χ1n) is 5.57. The monoisotopic (exact) mass is 215 g/mol. The highest BCUT2D eigenvalue weighted by Crippen LogP contribution is 2.28. The van der Waals surface area contributed by atoms with Crippen molar-refractivity contribution in [2.45, 2.75) is 25.4 Å². The summed E-state index contributed by atoms with van der Waals surface area (Å²) in [4.78, 5) is 4.42. The molecule has 3 nitrogen and oxygen atoms in total. The van der Waals surface area contributed by atoms with Gasteiger partial charge in [-0.15, -0.1) is 0 Å². The Hall–Kier alpha value is -1.61. The molecule has 0 fully saturated rings. The largest absolute Gasteiger partial charge is 0.436 e. The molecule has 0 spiro atoms. The van der Waals surface area contributed by atoms with Gasteiger partial charge in [-0.2, -0.15) is 0 Å². The van der Waals surface area contributed by atoms with Crippen LogP contribution in [0, 0.1) is 0 Å². The quantitative estimate of drug-likeness (QED) is 0.795. The van der Waals surface area contributed by atoms with Crippen molar-refractivity contribution in [3.63, 3.8) is 0 Å². The molecule has 1 aliphatic rings. The van der Waals surface area contributed by atoms with E-state index in [1.807, 2.05) is 30.3 Å². The van der Waals surface area contributed by atoms with E-state index in [4.69, 9.17) is 4.42 Å². The Morgan fingerprint density at radius 3 is 3.00 bits per heavy atom. The van der Waals surface area contributed by atoms with Gasteiger partial charge in [0.25, 0.3) is 0 Å². The zero-order valence-electron chi connectivity index (χ0n) is 8.89. The maximum absolute atomic E-state index is 9.57. The second-order valence-electron chi connectivity index (χ2n) is 4.14. The van der Waals surface area contributed by atoms with Crippen molar-refractivity contribution in [1.82, 2.24) is 4.98 Å². The SMILES string of the molecule is O[C@@H]1C=C(c2nc3ccccc3o2)CCC1. The van der Waals surface area contributed by atoms with Crippen molar-refractivity contribution in [3.8, 4) is 0 Å². The molecule has 1 aromatic heterocycles. The molecule has 1 N–H and O–H groups in total. The molecule has 82 valence electrons. The van der Waals surface area contributed by atoms with E-state index in [2.05, 4.69) is 4.98 Å². The molecule has 0 radical (unpaired) electrons. The van der Waals surface area contributed by atoms with Gasteiger partial charge in [0.05, 0.1) is 6.10 Å². The molecule has 3 rings (SSSR count). The first kappa shape index (κ1) is 9.60. The van der Waals surface area contributed by atoms with Crippen LogP contribution in [0.15, 0.2) is 34.8 Å². The van der Waals surface area contributed by atoms with Gasteiger partial charge in [0.2, 0.25) is 5.89 Å². The van der Waals surface area contributed by atoms with Gasteiger partial charge in [-0.05, 0) is 37.5 Å². The van der Waals surface area contributed by atoms with Gasteiger partial charge in [-0.3, -0.25) is 0 Å². The highest BCUT2D eigenvalue weighted by Gasteiger charge is 2.16. The van der Waals surface area contributed by atoms with E-state index in [0.717, 1.165) is 35.9 Å². The van der Waals surface area contributed by atoms with Gasteiger partial charge in [-0.1, -0.05) is 12.1 Å². The summed E-state index contributed by atoms with van der Waals surface area (Å²) >= 11 is 0. The summed E-state index contributed by atoms with van der Waals surface area (Å²) in [6, 6.07) is 7.72. The standard InChI is InChI=1S/C13H13NO2/c15-10-5-3-4-9(8-10)13-14-11-6-1-2-7-12(11)16-13/h1-2,6-8,10,15H,3-5H2/t10-/m0/s1. The van der Waals surface area contributed by atoms with E-state index in [9.17, 15) is 5.11 Å². The van der Waals surface area contributed by atoms with Gasteiger partial charge in [0, 0.05) is 5.57 Å². The van der Waals surface area contributed by atoms with Crippen LogP contribution in [0.25, 0.3) is 16.7 Å². The van der Waals surface area contributed by atoms with Crippen LogP contribution < -0.4 is 0 Å². The molecule has 3 heteroatoms. The third-order valence-corrected chi connectivity index (χ3v) is 2.91. The van der Waals surface area contributed by atoms with Crippen LogP contribution in [0.1, 0.15) is 25.2 Å². The Morgan fingerprint density at radius 2 is 2.19 bits per heavy atom. The van der Waals surface area contributed by atoms with Crippen LogP contribution in [-0.2, 0) is 0 Å². The Labute approximate surface area is 93.4 Å². The number of hydrogen-bond donors (Lipinski definition) is 1. The summed E-state index contributed by atoms with van der Waals surface area (Å²) in [5, 5.41) is 9.57. The highest BCUT2D eigenvalue weighted by molar-refractivity contribution is 5.75. The number of aromatic nitrogens is 1. The van der Waals surface area contributed by atoms with Crippen molar-refractivity contribution >= 4 is 16.7 Å². The fourth-order valence-corrected chi connectivity index (χ4v) is 2.09. The van der Waals surface area contributed by atoms with E-state index in [1.54, 1.807) is 0 Å². The normalized spacial score (nSPS) is 21.1. The lowest BCUT2D eigenvalue weighted by atomic mass is 9.97. The number of aliphatic hydroxyl groups is 1. The second-order valence-corrected chi connectivity index (χ2v) is 4.14. The van der Waals surface area contributed by atoms with Gasteiger partial charge in [0.1, 0.15) is 5.52 Å². The third kappa shape index (κ3) is 1.63. The summed E-state index contributed by atoms with van der Waals surface area (Å²) in [6.45, 7) is 0. The Bertz CT molecular complexity index is 509. The van der Waals surface area contributed by atoms with Crippen LogP contribution in [0.5, 0.6) is 0 Å². The molecule has 1 aliphatic carbocycles. The van der Waals surface area contributed by atoms with Gasteiger partial charge < -0.3 is 9.52 Å². The molecule has 0 saturated heterocycles. The number of oxazole rings is 1. The van der Waals surface area contributed by atoms with Gasteiger partial charge in [-0.25, -0.2) is 4.98 Å². The Kier molecular flexibility index (Phi) is 2.26. The minimum absolute atomic E-state index is 0.348. The molecule has 1 heterocycles. The average Bonchev–Trinajstić information content (AvgIpc) is 2.72. The number of para-hydroxylation sites is 2. The summed E-state index contributed by atoms with van der Waals surface area (Å²) in [6.07, 6.45) is 4.27.